The third kappa shape index (κ3) is 3.86. The van der Waals surface area contributed by atoms with Crippen LogP contribution in [0.25, 0.3) is 11.0 Å². The third-order valence-electron chi connectivity index (χ3n) is 3.49. The molecule has 0 saturated carbocycles. The summed E-state index contributed by atoms with van der Waals surface area (Å²) in [5.41, 5.74) is 1.86. The average molecular weight is 381 g/mol. The molecular formula is C17H14Cl2N2O2S. The summed E-state index contributed by atoms with van der Waals surface area (Å²) in [5.74, 6) is -0.797. The van der Waals surface area contributed by atoms with E-state index >= 15 is 0 Å². The lowest BCUT2D eigenvalue weighted by atomic mass is 10.3. The Morgan fingerprint density at radius 3 is 2.75 bits per heavy atom. The maximum Gasteiger partial charge on any atom is 0.303 e. The van der Waals surface area contributed by atoms with Gasteiger partial charge >= 0.3 is 5.97 Å². The molecule has 0 fully saturated rings. The first-order valence-electron chi connectivity index (χ1n) is 7.34. The second-order valence-electron chi connectivity index (χ2n) is 5.21. The number of halogens is 2. The number of para-hydroxylation sites is 2. The molecule has 1 heterocycles. The SMILES string of the molecule is O=C(O)CCCn1c(Sc2ccc(Cl)cc2Cl)nc2ccccc21. The van der Waals surface area contributed by atoms with Crippen molar-refractivity contribution < 1.29 is 9.90 Å². The number of hydrogen-bond acceptors (Lipinski definition) is 3. The molecule has 0 aliphatic carbocycles. The maximum absolute atomic E-state index is 10.8. The summed E-state index contributed by atoms with van der Waals surface area (Å²) in [5, 5.41) is 10.8. The molecule has 0 radical (unpaired) electrons. The van der Waals surface area contributed by atoms with Gasteiger partial charge in [-0.25, -0.2) is 4.98 Å². The van der Waals surface area contributed by atoms with E-state index in [0.717, 1.165) is 21.1 Å². The maximum atomic E-state index is 10.8. The van der Waals surface area contributed by atoms with Crippen molar-refractivity contribution in [2.45, 2.75) is 29.4 Å². The van der Waals surface area contributed by atoms with E-state index in [4.69, 9.17) is 28.3 Å². The Balaban J connectivity index is 1.95. The predicted octanol–water partition coefficient (Wildman–Crippen LogP) is 5.36. The van der Waals surface area contributed by atoms with E-state index in [1.807, 2.05) is 34.9 Å². The predicted molar refractivity (Wildman–Crippen MR) is 97.2 cm³/mol. The molecule has 0 spiro atoms. The van der Waals surface area contributed by atoms with Gasteiger partial charge in [-0.1, -0.05) is 47.1 Å². The van der Waals surface area contributed by atoms with Crippen molar-refractivity contribution >= 4 is 52.0 Å². The van der Waals surface area contributed by atoms with Gasteiger partial charge in [-0.05, 0) is 36.8 Å². The number of nitrogens with zero attached hydrogens (tertiary/aromatic N) is 2. The van der Waals surface area contributed by atoms with E-state index in [9.17, 15) is 4.79 Å². The van der Waals surface area contributed by atoms with Crippen molar-refractivity contribution in [3.05, 3.63) is 52.5 Å². The first-order valence-corrected chi connectivity index (χ1v) is 8.92. The van der Waals surface area contributed by atoms with E-state index in [1.165, 1.54) is 11.8 Å². The van der Waals surface area contributed by atoms with Gasteiger partial charge in [0.05, 0.1) is 16.1 Å². The second-order valence-corrected chi connectivity index (χ2v) is 7.06. The highest BCUT2D eigenvalue weighted by Gasteiger charge is 2.14. The summed E-state index contributed by atoms with van der Waals surface area (Å²) in [6.45, 7) is 0.584. The summed E-state index contributed by atoms with van der Waals surface area (Å²) in [6.07, 6.45) is 0.663. The fourth-order valence-corrected chi connectivity index (χ4v) is 3.85. The minimum absolute atomic E-state index is 0.123. The van der Waals surface area contributed by atoms with Crippen LogP contribution in [0, 0.1) is 0 Å². The summed E-state index contributed by atoms with van der Waals surface area (Å²) >= 11 is 13.6. The summed E-state index contributed by atoms with van der Waals surface area (Å²) in [6, 6.07) is 13.1. The number of carboxylic acids is 1. The Hall–Kier alpha value is -1.69. The zero-order valence-corrected chi connectivity index (χ0v) is 14.9. The van der Waals surface area contributed by atoms with Gasteiger partial charge in [0.1, 0.15) is 0 Å². The third-order valence-corrected chi connectivity index (χ3v) is 5.22. The molecule has 0 aliphatic heterocycles. The lowest BCUT2D eigenvalue weighted by Crippen LogP contribution is -2.03. The van der Waals surface area contributed by atoms with E-state index in [-0.39, 0.29) is 6.42 Å². The number of aliphatic carboxylic acids is 1. The summed E-state index contributed by atoms with van der Waals surface area (Å²) in [4.78, 5) is 16.3. The van der Waals surface area contributed by atoms with Crippen LogP contribution in [-0.4, -0.2) is 20.6 Å². The molecule has 0 unspecified atom stereocenters. The molecule has 0 bridgehead atoms. The quantitative estimate of drug-likeness (QED) is 0.625. The smallest absolute Gasteiger partial charge is 0.303 e. The monoisotopic (exact) mass is 380 g/mol. The molecule has 0 atom stereocenters. The normalized spacial score (nSPS) is 11.1. The average Bonchev–Trinajstić information content (AvgIpc) is 2.88. The Morgan fingerprint density at radius 2 is 2.00 bits per heavy atom. The molecule has 3 aromatic rings. The molecular weight excluding hydrogens is 367 g/mol. The van der Waals surface area contributed by atoms with Crippen molar-refractivity contribution in [2.24, 2.45) is 0 Å². The molecule has 2 aromatic carbocycles. The Morgan fingerprint density at radius 1 is 1.21 bits per heavy atom. The van der Waals surface area contributed by atoms with Gasteiger partial charge in [0, 0.05) is 22.9 Å². The van der Waals surface area contributed by atoms with Crippen molar-refractivity contribution in [3.8, 4) is 0 Å². The van der Waals surface area contributed by atoms with Crippen LogP contribution in [0.3, 0.4) is 0 Å². The van der Waals surface area contributed by atoms with Gasteiger partial charge in [0.25, 0.3) is 0 Å². The Kier molecular flexibility index (Phi) is 5.33. The highest BCUT2D eigenvalue weighted by atomic mass is 35.5. The Bertz CT molecular complexity index is 895. The van der Waals surface area contributed by atoms with Gasteiger partial charge in [0.2, 0.25) is 0 Å². The standard InChI is InChI=1S/C17H14Cl2N2O2S/c18-11-7-8-15(12(19)10-11)24-17-20-13-4-1-2-5-14(13)21(17)9-3-6-16(22)23/h1-2,4-5,7-8,10H,3,6,9H2,(H,22,23). The van der Waals surface area contributed by atoms with Crippen molar-refractivity contribution in [3.63, 3.8) is 0 Å². The number of carboxylic acid groups (broad SMARTS) is 1. The molecule has 3 rings (SSSR count). The van der Waals surface area contributed by atoms with Gasteiger partial charge in [0.15, 0.2) is 5.16 Å². The van der Waals surface area contributed by atoms with Crippen LogP contribution < -0.4 is 0 Å². The first-order chi connectivity index (χ1) is 11.5. The first kappa shape index (κ1) is 17.1. The summed E-state index contributed by atoms with van der Waals surface area (Å²) in [7, 11) is 0. The van der Waals surface area contributed by atoms with E-state index < -0.39 is 5.97 Å². The van der Waals surface area contributed by atoms with Crippen molar-refractivity contribution in [2.75, 3.05) is 0 Å². The van der Waals surface area contributed by atoms with Gasteiger partial charge in [-0.15, -0.1) is 0 Å². The minimum Gasteiger partial charge on any atom is -0.481 e. The zero-order chi connectivity index (χ0) is 17.1. The number of imidazole rings is 1. The van der Waals surface area contributed by atoms with Crippen LogP contribution in [0.1, 0.15) is 12.8 Å². The van der Waals surface area contributed by atoms with Crippen LogP contribution in [0.4, 0.5) is 0 Å². The van der Waals surface area contributed by atoms with E-state index in [0.29, 0.717) is 23.0 Å². The molecule has 24 heavy (non-hydrogen) atoms. The fraction of sp³-hybridized carbons (Fsp3) is 0.176. The molecule has 7 heteroatoms. The highest BCUT2D eigenvalue weighted by Crippen LogP contribution is 2.36. The topological polar surface area (TPSA) is 55.1 Å². The molecule has 124 valence electrons. The van der Waals surface area contributed by atoms with Crippen LogP contribution in [-0.2, 0) is 11.3 Å². The van der Waals surface area contributed by atoms with E-state index in [1.54, 1.807) is 12.1 Å². The number of fused-ring (bicyclic) bond motifs is 1. The Labute approximate surface area is 153 Å². The van der Waals surface area contributed by atoms with Crippen LogP contribution >= 0.6 is 35.0 Å². The van der Waals surface area contributed by atoms with Crippen molar-refractivity contribution in [1.29, 1.82) is 0 Å². The molecule has 0 saturated heterocycles. The zero-order valence-electron chi connectivity index (χ0n) is 12.6. The number of carbonyl (C=O) groups is 1. The van der Waals surface area contributed by atoms with E-state index in [2.05, 4.69) is 4.98 Å². The number of aromatic nitrogens is 2. The molecule has 1 N–H and O–H groups in total. The molecule has 0 aliphatic rings. The number of aryl methyl sites for hydroxylation is 1. The molecule has 4 nitrogen and oxygen atoms in total. The largest absolute Gasteiger partial charge is 0.481 e. The highest BCUT2D eigenvalue weighted by molar-refractivity contribution is 7.99. The van der Waals surface area contributed by atoms with Crippen LogP contribution in [0.15, 0.2) is 52.5 Å². The van der Waals surface area contributed by atoms with Crippen LogP contribution in [0.5, 0.6) is 0 Å². The number of rotatable bonds is 6. The molecule has 1 aromatic heterocycles. The van der Waals surface area contributed by atoms with Gasteiger partial charge in [-0.2, -0.15) is 0 Å². The number of hydrogen-bond donors (Lipinski definition) is 1. The van der Waals surface area contributed by atoms with Gasteiger partial charge in [-0.3, -0.25) is 4.79 Å². The lowest BCUT2D eigenvalue weighted by Gasteiger charge is -2.09. The second kappa shape index (κ2) is 7.47. The van der Waals surface area contributed by atoms with Gasteiger partial charge < -0.3 is 9.67 Å². The molecule has 0 amide bonds. The fourth-order valence-electron chi connectivity index (χ4n) is 2.39. The summed E-state index contributed by atoms with van der Waals surface area (Å²) < 4.78 is 2.04. The number of benzene rings is 2. The van der Waals surface area contributed by atoms with Crippen LogP contribution in [0.2, 0.25) is 10.0 Å². The lowest BCUT2D eigenvalue weighted by molar-refractivity contribution is -0.137. The van der Waals surface area contributed by atoms with Crippen molar-refractivity contribution in [1.82, 2.24) is 9.55 Å². The minimum atomic E-state index is -0.797.